The van der Waals surface area contributed by atoms with E-state index in [1.54, 1.807) is 12.1 Å². The summed E-state index contributed by atoms with van der Waals surface area (Å²) in [5.41, 5.74) is 1.57. The first-order valence-corrected chi connectivity index (χ1v) is 6.43. The molecule has 0 radical (unpaired) electrons. The zero-order chi connectivity index (χ0) is 14.3. The Bertz CT molecular complexity index is 451. The minimum absolute atomic E-state index is 0. The lowest BCUT2D eigenvalue weighted by Gasteiger charge is -2.19. The van der Waals surface area contributed by atoms with E-state index in [0.717, 1.165) is 18.7 Å². The van der Waals surface area contributed by atoms with Gasteiger partial charge in [-0.15, -0.1) is 12.4 Å². The molecule has 0 aliphatic rings. The Morgan fingerprint density at radius 3 is 2.70 bits per heavy atom. The molecule has 1 N–H and O–H groups in total. The Kier molecular flexibility index (Phi) is 8.84. The number of hydrogen-bond donors (Lipinski definition) is 1. The summed E-state index contributed by atoms with van der Waals surface area (Å²) in [5, 5.41) is 2.69. The molecular weight excluding hydrogens is 279 g/mol. The number of benzene rings is 1. The molecule has 112 valence electrons. The van der Waals surface area contributed by atoms with Crippen LogP contribution in [0.4, 0.5) is 10.1 Å². The minimum Gasteiger partial charge on any atom is -0.326 e. The first-order chi connectivity index (χ1) is 9.01. The van der Waals surface area contributed by atoms with Crippen molar-refractivity contribution in [3.05, 3.63) is 42.2 Å². The van der Waals surface area contributed by atoms with Crippen molar-refractivity contribution < 1.29 is 9.18 Å². The van der Waals surface area contributed by atoms with E-state index in [-0.39, 0.29) is 24.1 Å². The van der Waals surface area contributed by atoms with E-state index < -0.39 is 0 Å². The highest BCUT2D eigenvalue weighted by Crippen LogP contribution is 2.09. The molecule has 0 fully saturated rings. The number of likely N-dealkylation sites (N-methyl/N-ethyl adjacent to an activating group) is 1. The number of amides is 1. The number of carbonyl (C=O) groups is 1. The van der Waals surface area contributed by atoms with E-state index in [4.69, 9.17) is 0 Å². The van der Waals surface area contributed by atoms with Gasteiger partial charge in [0.1, 0.15) is 5.82 Å². The molecule has 0 saturated carbocycles. The molecule has 0 unspecified atom stereocenters. The first-order valence-electron chi connectivity index (χ1n) is 6.43. The minimum atomic E-state index is -0.352. The van der Waals surface area contributed by atoms with Gasteiger partial charge in [-0.25, -0.2) is 4.39 Å². The molecule has 3 nitrogen and oxygen atoms in total. The Morgan fingerprint density at radius 2 is 2.15 bits per heavy atom. The van der Waals surface area contributed by atoms with Gasteiger partial charge in [0.25, 0.3) is 0 Å². The van der Waals surface area contributed by atoms with Crippen molar-refractivity contribution in [3.8, 4) is 0 Å². The van der Waals surface area contributed by atoms with Crippen LogP contribution in [-0.4, -0.2) is 30.4 Å². The number of hydrogen-bond acceptors (Lipinski definition) is 2. The fraction of sp³-hybridized carbons (Fsp3) is 0.400. The van der Waals surface area contributed by atoms with Crippen LogP contribution in [0.5, 0.6) is 0 Å². The van der Waals surface area contributed by atoms with Crippen LogP contribution in [0.1, 0.15) is 20.3 Å². The largest absolute Gasteiger partial charge is 0.326 e. The van der Waals surface area contributed by atoms with Crippen molar-refractivity contribution in [2.24, 2.45) is 0 Å². The van der Waals surface area contributed by atoms with E-state index in [0.29, 0.717) is 18.7 Å². The van der Waals surface area contributed by atoms with Gasteiger partial charge in [-0.1, -0.05) is 25.1 Å². The average molecular weight is 301 g/mol. The predicted molar refractivity (Wildman–Crippen MR) is 83.8 cm³/mol. The van der Waals surface area contributed by atoms with Gasteiger partial charge in [-0.05, 0) is 31.7 Å². The van der Waals surface area contributed by atoms with Crippen LogP contribution in [0.15, 0.2) is 36.4 Å². The number of halogens is 2. The van der Waals surface area contributed by atoms with Crippen molar-refractivity contribution in [1.82, 2.24) is 4.90 Å². The normalized spacial score (nSPS) is 10.0. The highest BCUT2D eigenvalue weighted by Gasteiger charge is 2.07. The van der Waals surface area contributed by atoms with Gasteiger partial charge in [0.15, 0.2) is 0 Å². The van der Waals surface area contributed by atoms with Crippen LogP contribution in [0.25, 0.3) is 0 Å². The second-order valence-corrected chi connectivity index (χ2v) is 4.63. The second kappa shape index (κ2) is 9.50. The molecule has 1 amide bonds. The molecule has 0 atom stereocenters. The summed E-state index contributed by atoms with van der Waals surface area (Å²) < 4.78 is 13.0. The standard InChI is InChI=1S/C15H21FN2O.ClH/c1-4-18(11-12(2)3)9-8-15(19)17-14-7-5-6-13(16)10-14;/h5-7,10H,2,4,8-9,11H2,1,3H3,(H,17,19);1H. The molecule has 0 heterocycles. The Hall–Kier alpha value is -1.39. The summed E-state index contributed by atoms with van der Waals surface area (Å²) in [6.07, 6.45) is 0.387. The molecule has 1 aromatic rings. The van der Waals surface area contributed by atoms with E-state index in [1.807, 2.05) is 13.8 Å². The highest BCUT2D eigenvalue weighted by atomic mass is 35.5. The highest BCUT2D eigenvalue weighted by molar-refractivity contribution is 5.90. The first kappa shape index (κ1) is 18.6. The molecule has 0 aliphatic carbocycles. The van der Waals surface area contributed by atoms with Crippen molar-refractivity contribution in [2.45, 2.75) is 20.3 Å². The molecule has 0 aromatic heterocycles. The smallest absolute Gasteiger partial charge is 0.225 e. The van der Waals surface area contributed by atoms with Crippen LogP contribution in [0.2, 0.25) is 0 Å². The maximum atomic E-state index is 13.0. The summed E-state index contributed by atoms with van der Waals surface area (Å²) >= 11 is 0. The van der Waals surface area contributed by atoms with Gasteiger partial charge >= 0.3 is 0 Å². The van der Waals surface area contributed by atoms with Gasteiger partial charge in [0, 0.05) is 25.2 Å². The molecule has 20 heavy (non-hydrogen) atoms. The summed E-state index contributed by atoms with van der Waals surface area (Å²) in [6.45, 7) is 10.2. The molecule has 0 aliphatic heterocycles. The summed E-state index contributed by atoms with van der Waals surface area (Å²) in [6, 6.07) is 5.90. The third kappa shape index (κ3) is 7.26. The molecule has 1 aromatic carbocycles. The summed E-state index contributed by atoms with van der Waals surface area (Å²) in [4.78, 5) is 13.9. The summed E-state index contributed by atoms with van der Waals surface area (Å²) in [7, 11) is 0. The quantitative estimate of drug-likeness (QED) is 0.782. The third-order valence-electron chi connectivity index (χ3n) is 2.70. The zero-order valence-electron chi connectivity index (χ0n) is 12.0. The van der Waals surface area contributed by atoms with Gasteiger partial charge in [0.2, 0.25) is 5.91 Å². The van der Waals surface area contributed by atoms with E-state index in [1.165, 1.54) is 12.1 Å². The molecule has 0 bridgehead atoms. The van der Waals surface area contributed by atoms with Crippen LogP contribution in [0.3, 0.4) is 0 Å². The fourth-order valence-electron chi connectivity index (χ4n) is 1.78. The van der Waals surface area contributed by atoms with Crippen molar-refractivity contribution in [1.29, 1.82) is 0 Å². The van der Waals surface area contributed by atoms with Crippen LogP contribution in [-0.2, 0) is 4.79 Å². The van der Waals surface area contributed by atoms with Gasteiger partial charge in [0.05, 0.1) is 0 Å². The van der Waals surface area contributed by atoms with Crippen LogP contribution in [0, 0.1) is 5.82 Å². The number of anilines is 1. The monoisotopic (exact) mass is 300 g/mol. The zero-order valence-corrected chi connectivity index (χ0v) is 12.8. The molecule has 1 rings (SSSR count). The van der Waals surface area contributed by atoms with E-state index in [9.17, 15) is 9.18 Å². The number of carbonyl (C=O) groups excluding carboxylic acids is 1. The van der Waals surface area contributed by atoms with Gasteiger partial charge in [-0.3, -0.25) is 9.69 Å². The lowest BCUT2D eigenvalue weighted by atomic mass is 10.2. The van der Waals surface area contributed by atoms with Crippen molar-refractivity contribution in [3.63, 3.8) is 0 Å². The SMILES string of the molecule is C=C(C)CN(CC)CCC(=O)Nc1cccc(F)c1.Cl. The number of rotatable bonds is 7. The Balaban J connectivity index is 0.00000361. The van der Waals surface area contributed by atoms with E-state index >= 15 is 0 Å². The topological polar surface area (TPSA) is 32.3 Å². The van der Waals surface area contributed by atoms with Crippen molar-refractivity contribution >= 4 is 24.0 Å². The number of nitrogens with one attached hydrogen (secondary N) is 1. The van der Waals surface area contributed by atoms with Crippen LogP contribution < -0.4 is 5.32 Å². The van der Waals surface area contributed by atoms with Gasteiger partial charge < -0.3 is 5.32 Å². The summed E-state index contributed by atoms with van der Waals surface area (Å²) in [5.74, 6) is -0.457. The van der Waals surface area contributed by atoms with E-state index in [2.05, 4.69) is 16.8 Å². The van der Waals surface area contributed by atoms with Crippen molar-refractivity contribution in [2.75, 3.05) is 25.0 Å². The maximum absolute atomic E-state index is 13.0. The molecule has 5 heteroatoms. The lowest BCUT2D eigenvalue weighted by molar-refractivity contribution is -0.116. The fourth-order valence-corrected chi connectivity index (χ4v) is 1.78. The third-order valence-corrected chi connectivity index (χ3v) is 2.70. The van der Waals surface area contributed by atoms with Crippen LogP contribution >= 0.6 is 12.4 Å². The second-order valence-electron chi connectivity index (χ2n) is 4.63. The molecule has 0 spiro atoms. The number of nitrogens with zero attached hydrogens (tertiary/aromatic N) is 1. The molecule has 0 saturated heterocycles. The van der Waals surface area contributed by atoms with Gasteiger partial charge in [-0.2, -0.15) is 0 Å². The average Bonchev–Trinajstić information content (AvgIpc) is 2.34. The lowest BCUT2D eigenvalue weighted by Crippen LogP contribution is -2.29. The molecular formula is C15H22ClFN2O. The maximum Gasteiger partial charge on any atom is 0.225 e. The Labute approximate surface area is 126 Å². The Morgan fingerprint density at radius 1 is 1.45 bits per heavy atom. The predicted octanol–water partition coefficient (Wildman–Crippen LogP) is 3.47.